The minimum absolute atomic E-state index is 0.203. The summed E-state index contributed by atoms with van der Waals surface area (Å²) in [6.07, 6.45) is 7.94. The first kappa shape index (κ1) is 28.3. The maximum Gasteiger partial charge on any atom is 0.119 e. The number of aliphatic hydroxyl groups is 1. The summed E-state index contributed by atoms with van der Waals surface area (Å²) in [6.45, 7) is 9.71. The number of methoxy groups -OCH3 is 1. The molecule has 0 bridgehead atoms. The second kappa shape index (κ2) is 19.9. The molecule has 32 heavy (non-hydrogen) atoms. The molecule has 0 saturated heterocycles. The molecule has 0 saturated carbocycles. The lowest BCUT2D eigenvalue weighted by Crippen LogP contribution is -2.22. The van der Waals surface area contributed by atoms with Gasteiger partial charge in [-0.15, -0.1) is 0 Å². The number of ether oxygens (including phenoxy) is 5. The van der Waals surface area contributed by atoms with Crippen molar-refractivity contribution in [2.45, 2.75) is 37.2 Å². The summed E-state index contributed by atoms with van der Waals surface area (Å²) in [5.74, 6) is 1.44. The average molecular weight is 467 g/mol. The first-order valence-electron chi connectivity index (χ1n) is 11.0. The first-order chi connectivity index (χ1) is 15.7. The molecule has 0 aliphatic carbocycles. The Labute approximate surface area is 197 Å². The predicted molar refractivity (Wildman–Crippen MR) is 130 cm³/mol. The highest BCUT2D eigenvalue weighted by molar-refractivity contribution is 8.02. The molecule has 0 radical (unpaired) electrons. The normalized spacial score (nSPS) is 12.8. The van der Waals surface area contributed by atoms with Crippen LogP contribution in [-0.2, 0) is 18.9 Å². The molecule has 180 valence electrons. The third kappa shape index (κ3) is 15.1. The van der Waals surface area contributed by atoms with Crippen LogP contribution in [-0.4, -0.2) is 64.6 Å². The molecule has 7 heteroatoms. The van der Waals surface area contributed by atoms with Gasteiger partial charge in [-0.25, -0.2) is 0 Å². The third-order valence-electron chi connectivity index (χ3n) is 4.09. The average Bonchev–Trinajstić information content (AvgIpc) is 2.81. The van der Waals surface area contributed by atoms with E-state index in [1.165, 1.54) is 0 Å². The van der Waals surface area contributed by atoms with E-state index in [9.17, 15) is 5.11 Å². The van der Waals surface area contributed by atoms with Crippen LogP contribution in [0.15, 0.2) is 65.1 Å². The molecule has 1 aromatic carbocycles. The SMILES string of the molecule is C=CC(=CC=CSc1ccc(OCC(O)COC)cc1)OCCCOCCOCCCC. The Balaban J connectivity index is 2.19. The topological polar surface area (TPSA) is 66.4 Å². The van der Waals surface area contributed by atoms with E-state index in [1.807, 2.05) is 41.8 Å². The van der Waals surface area contributed by atoms with E-state index in [4.69, 9.17) is 23.7 Å². The van der Waals surface area contributed by atoms with Gasteiger partial charge in [0.2, 0.25) is 0 Å². The summed E-state index contributed by atoms with van der Waals surface area (Å²) < 4.78 is 27.1. The highest BCUT2D eigenvalue weighted by atomic mass is 32.2. The van der Waals surface area contributed by atoms with Gasteiger partial charge in [0.1, 0.15) is 24.2 Å². The fraction of sp³-hybridized carbons (Fsp3) is 0.520. The van der Waals surface area contributed by atoms with Crippen LogP contribution in [0.4, 0.5) is 0 Å². The summed E-state index contributed by atoms with van der Waals surface area (Å²) in [4.78, 5) is 1.08. The van der Waals surface area contributed by atoms with Crippen molar-refractivity contribution < 1.29 is 28.8 Å². The Bertz CT molecular complexity index is 644. The molecule has 0 aliphatic heterocycles. The van der Waals surface area contributed by atoms with Crippen LogP contribution in [0.3, 0.4) is 0 Å². The first-order valence-corrected chi connectivity index (χ1v) is 11.9. The molecule has 0 fully saturated rings. The standard InChI is InChI=1S/C25H38O6S/c1-4-6-14-28-17-18-29-15-8-16-30-23(5-2)9-7-19-32-25-12-10-24(11-13-25)31-21-22(26)20-27-3/h5,7,9-13,19,22,26H,2,4,6,8,14-18,20-21H2,1,3H3. The third-order valence-corrected chi connectivity index (χ3v) is 4.92. The summed E-state index contributed by atoms with van der Waals surface area (Å²) >= 11 is 1.59. The van der Waals surface area contributed by atoms with Gasteiger partial charge in [0, 0.05) is 31.6 Å². The van der Waals surface area contributed by atoms with Crippen molar-refractivity contribution in [1.82, 2.24) is 0 Å². The number of thioether (sulfide) groups is 1. The number of aliphatic hydroxyl groups excluding tert-OH is 1. The van der Waals surface area contributed by atoms with Crippen LogP contribution >= 0.6 is 11.8 Å². The van der Waals surface area contributed by atoms with Crippen molar-refractivity contribution in [2.24, 2.45) is 0 Å². The van der Waals surface area contributed by atoms with Gasteiger partial charge in [-0.1, -0.05) is 37.8 Å². The lowest BCUT2D eigenvalue weighted by Gasteiger charge is -2.11. The van der Waals surface area contributed by atoms with Crippen LogP contribution in [0.5, 0.6) is 5.75 Å². The Morgan fingerprint density at radius 3 is 2.41 bits per heavy atom. The zero-order valence-electron chi connectivity index (χ0n) is 19.4. The second-order valence-corrected chi connectivity index (χ2v) is 7.87. The zero-order chi connectivity index (χ0) is 23.3. The quantitative estimate of drug-likeness (QED) is 0.126. The van der Waals surface area contributed by atoms with Crippen molar-refractivity contribution in [3.05, 3.63) is 60.2 Å². The van der Waals surface area contributed by atoms with Gasteiger partial charge in [0.25, 0.3) is 0 Å². The van der Waals surface area contributed by atoms with Crippen LogP contribution in [0.1, 0.15) is 26.2 Å². The molecule has 1 N–H and O–H groups in total. The molecule has 0 spiro atoms. The van der Waals surface area contributed by atoms with E-state index in [-0.39, 0.29) is 13.2 Å². The maximum atomic E-state index is 9.61. The lowest BCUT2D eigenvalue weighted by molar-refractivity contribution is 0.0325. The zero-order valence-corrected chi connectivity index (χ0v) is 20.2. The lowest BCUT2D eigenvalue weighted by atomic mass is 10.3. The molecular weight excluding hydrogens is 428 g/mol. The van der Waals surface area contributed by atoms with Crippen molar-refractivity contribution in [3.8, 4) is 5.75 Å². The van der Waals surface area contributed by atoms with Crippen molar-refractivity contribution in [1.29, 1.82) is 0 Å². The summed E-state index contributed by atoms with van der Waals surface area (Å²) in [6, 6.07) is 7.69. The number of rotatable bonds is 20. The fourth-order valence-corrected chi connectivity index (χ4v) is 3.00. The van der Waals surface area contributed by atoms with E-state index < -0.39 is 6.10 Å². The van der Waals surface area contributed by atoms with Gasteiger partial charge in [-0.05, 0) is 48.2 Å². The number of hydrogen-bond donors (Lipinski definition) is 1. The van der Waals surface area contributed by atoms with Crippen molar-refractivity contribution >= 4 is 11.8 Å². The Morgan fingerprint density at radius 2 is 1.75 bits per heavy atom. The van der Waals surface area contributed by atoms with E-state index in [0.29, 0.717) is 32.2 Å². The molecule has 1 unspecified atom stereocenters. The summed E-state index contributed by atoms with van der Waals surface area (Å²) in [5, 5.41) is 11.6. The Hall–Kier alpha value is -1.77. The Kier molecular flexibility index (Phi) is 17.6. The van der Waals surface area contributed by atoms with Crippen molar-refractivity contribution in [2.75, 3.05) is 53.4 Å². The van der Waals surface area contributed by atoms with Crippen LogP contribution in [0.25, 0.3) is 0 Å². The molecule has 0 aromatic heterocycles. The molecule has 0 heterocycles. The molecule has 1 aromatic rings. The molecular formula is C25H38O6S. The largest absolute Gasteiger partial charge is 0.494 e. The van der Waals surface area contributed by atoms with Crippen LogP contribution in [0.2, 0.25) is 0 Å². The minimum Gasteiger partial charge on any atom is -0.494 e. The second-order valence-electron chi connectivity index (χ2n) is 6.89. The monoisotopic (exact) mass is 466 g/mol. The van der Waals surface area contributed by atoms with E-state index >= 15 is 0 Å². The number of benzene rings is 1. The molecule has 1 rings (SSSR count). The van der Waals surface area contributed by atoms with Gasteiger partial charge >= 0.3 is 0 Å². The number of allylic oxidation sites excluding steroid dienone is 3. The highest BCUT2D eigenvalue weighted by Crippen LogP contribution is 2.22. The summed E-state index contributed by atoms with van der Waals surface area (Å²) in [5.41, 5.74) is 0. The molecule has 0 amide bonds. The smallest absolute Gasteiger partial charge is 0.119 e. The highest BCUT2D eigenvalue weighted by Gasteiger charge is 2.04. The molecule has 0 aliphatic rings. The van der Waals surface area contributed by atoms with Crippen LogP contribution in [0, 0.1) is 0 Å². The number of unbranched alkanes of at least 4 members (excludes halogenated alkanes) is 1. The molecule has 6 nitrogen and oxygen atoms in total. The fourth-order valence-electron chi connectivity index (χ4n) is 2.39. The van der Waals surface area contributed by atoms with Gasteiger partial charge in [0.15, 0.2) is 0 Å². The number of hydrogen-bond acceptors (Lipinski definition) is 7. The van der Waals surface area contributed by atoms with Gasteiger partial charge in [-0.2, -0.15) is 0 Å². The van der Waals surface area contributed by atoms with E-state index in [1.54, 1.807) is 24.9 Å². The van der Waals surface area contributed by atoms with E-state index in [0.717, 1.165) is 36.5 Å². The maximum absolute atomic E-state index is 9.61. The Morgan fingerprint density at radius 1 is 1.03 bits per heavy atom. The van der Waals surface area contributed by atoms with Crippen molar-refractivity contribution in [3.63, 3.8) is 0 Å². The predicted octanol–water partition coefficient (Wildman–Crippen LogP) is 4.99. The molecule has 1 atom stereocenters. The van der Waals surface area contributed by atoms with Gasteiger partial charge in [0.05, 0.1) is 26.4 Å². The van der Waals surface area contributed by atoms with Gasteiger partial charge in [-0.3, -0.25) is 0 Å². The summed E-state index contributed by atoms with van der Waals surface area (Å²) in [7, 11) is 1.55. The minimum atomic E-state index is -0.632. The van der Waals surface area contributed by atoms with E-state index in [2.05, 4.69) is 13.5 Å². The van der Waals surface area contributed by atoms with Crippen LogP contribution < -0.4 is 4.74 Å². The van der Waals surface area contributed by atoms with Gasteiger partial charge < -0.3 is 28.8 Å².